The lowest BCUT2D eigenvalue weighted by atomic mass is 10.2. The van der Waals surface area contributed by atoms with Gasteiger partial charge in [0.15, 0.2) is 4.34 Å². The van der Waals surface area contributed by atoms with E-state index in [9.17, 15) is 0 Å². The van der Waals surface area contributed by atoms with E-state index in [1.165, 1.54) is 5.56 Å². The van der Waals surface area contributed by atoms with Gasteiger partial charge in [-0.15, -0.1) is 10.2 Å². The Morgan fingerprint density at radius 2 is 2.05 bits per heavy atom. The lowest BCUT2D eigenvalue weighted by molar-refractivity contribution is 0.756. The highest BCUT2D eigenvalue weighted by Crippen LogP contribution is 2.25. The highest BCUT2D eigenvalue weighted by molar-refractivity contribution is 8.00. The molecular formula is C14H14N4S2. The predicted octanol–water partition coefficient (Wildman–Crippen LogP) is 3.38. The van der Waals surface area contributed by atoms with Crippen molar-refractivity contribution >= 4 is 23.1 Å². The summed E-state index contributed by atoms with van der Waals surface area (Å²) >= 11 is 3.31. The minimum absolute atomic E-state index is 0.814. The van der Waals surface area contributed by atoms with Crippen LogP contribution in [0.15, 0.2) is 47.1 Å². The predicted molar refractivity (Wildman–Crippen MR) is 82.0 cm³/mol. The van der Waals surface area contributed by atoms with Crippen LogP contribution in [0.2, 0.25) is 0 Å². The number of thioether (sulfide) groups is 1. The Morgan fingerprint density at radius 1 is 1.20 bits per heavy atom. The highest BCUT2D eigenvalue weighted by atomic mass is 32.2. The van der Waals surface area contributed by atoms with E-state index in [1.54, 1.807) is 23.1 Å². The SMILES string of the molecule is Cc1nnc(SCc2nccn2Cc2ccccc2)s1. The fraction of sp³-hybridized carbons (Fsp3) is 0.214. The molecule has 1 aromatic carbocycles. The molecule has 0 radical (unpaired) electrons. The molecule has 102 valence electrons. The van der Waals surface area contributed by atoms with Crippen LogP contribution >= 0.6 is 23.1 Å². The van der Waals surface area contributed by atoms with Crippen LogP contribution in [0.5, 0.6) is 0 Å². The molecule has 0 bridgehead atoms. The summed E-state index contributed by atoms with van der Waals surface area (Å²) in [5.41, 5.74) is 1.28. The summed E-state index contributed by atoms with van der Waals surface area (Å²) in [5.74, 6) is 1.88. The average molecular weight is 302 g/mol. The number of aryl methyl sites for hydroxylation is 1. The van der Waals surface area contributed by atoms with Gasteiger partial charge in [-0.1, -0.05) is 53.4 Å². The molecule has 3 aromatic rings. The van der Waals surface area contributed by atoms with Gasteiger partial charge in [-0.2, -0.15) is 0 Å². The number of hydrogen-bond acceptors (Lipinski definition) is 5. The molecule has 0 aliphatic carbocycles. The Kier molecular flexibility index (Phi) is 4.13. The van der Waals surface area contributed by atoms with Crippen molar-refractivity contribution < 1.29 is 0 Å². The van der Waals surface area contributed by atoms with Crippen LogP contribution in [-0.2, 0) is 12.3 Å². The van der Waals surface area contributed by atoms with Crippen LogP contribution in [0, 0.1) is 6.92 Å². The Balaban J connectivity index is 1.67. The zero-order valence-corrected chi connectivity index (χ0v) is 12.7. The molecule has 0 amide bonds. The summed E-state index contributed by atoms with van der Waals surface area (Å²) in [4.78, 5) is 4.43. The minimum atomic E-state index is 0.814. The van der Waals surface area contributed by atoms with Crippen molar-refractivity contribution in [2.75, 3.05) is 0 Å². The van der Waals surface area contributed by atoms with Crippen LogP contribution in [0.1, 0.15) is 16.4 Å². The number of rotatable bonds is 5. The molecule has 0 fully saturated rings. The van der Waals surface area contributed by atoms with Gasteiger partial charge in [-0.25, -0.2) is 4.98 Å². The van der Waals surface area contributed by atoms with Gasteiger partial charge in [0.25, 0.3) is 0 Å². The van der Waals surface area contributed by atoms with E-state index >= 15 is 0 Å². The van der Waals surface area contributed by atoms with Gasteiger partial charge in [-0.05, 0) is 12.5 Å². The maximum absolute atomic E-state index is 4.43. The second kappa shape index (κ2) is 6.19. The lowest BCUT2D eigenvalue weighted by Gasteiger charge is -2.07. The molecule has 0 atom stereocenters. The summed E-state index contributed by atoms with van der Waals surface area (Å²) < 4.78 is 3.17. The van der Waals surface area contributed by atoms with Gasteiger partial charge in [0, 0.05) is 18.9 Å². The molecule has 0 saturated heterocycles. The van der Waals surface area contributed by atoms with E-state index < -0.39 is 0 Å². The summed E-state index contributed by atoms with van der Waals surface area (Å²) in [5, 5.41) is 9.15. The molecule has 0 aliphatic heterocycles. The normalized spacial score (nSPS) is 10.8. The van der Waals surface area contributed by atoms with Gasteiger partial charge >= 0.3 is 0 Å². The topological polar surface area (TPSA) is 43.6 Å². The first-order valence-corrected chi connectivity index (χ1v) is 8.08. The second-order valence-electron chi connectivity index (χ2n) is 4.33. The number of hydrogen-bond donors (Lipinski definition) is 0. The summed E-state index contributed by atoms with van der Waals surface area (Å²) in [6, 6.07) is 10.4. The Labute approximate surface area is 125 Å². The maximum Gasteiger partial charge on any atom is 0.174 e. The Bertz CT molecular complexity index is 675. The molecule has 4 nitrogen and oxygen atoms in total. The smallest absolute Gasteiger partial charge is 0.174 e. The number of benzene rings is 1. The van der Waals surface area contributed by atoms with Crippen molar-refractivity contribution in [2.45, 2.75) is 23.6 Å². The number of imidazole rings is 1. The van der Waals surface area contributed by atoms with Gasteiger partial charge in [0.2, 0.25) is 0 Å². The Morgan fingerprint density at radius 3 is 2.80 bits per heavy atom. The average Bonchev–Trinajstić information content (AvgIpc) is 3.07. The maximum atomic E-state index is 4.43. The van der Waals surface area contributed by atoms with E-state index in [1.807, 2.05) is 25.4 Å². The minimum Gasteiger partial charge on any atom is -0.330 e. The first kappa shape index (κ1) is 13.3. The van der Waals surface area contributed by atoms with E-state index in [2.05, 4.69) is 44.0 Å². The zero-order valence-electron chi connectivity index (χ0n) is 11.1. The van der Waals surface area contributed by atoms with E-state index in [-0.39, 0.29) is 0 Å². The summed E-state index contributed by atoms with van der Waals surface area (Å²) in [6.07, 6.45) is 3.87. The zero-order chi connectivity index (χ0) is 13.8. The molecule has 20 heavy (non-hydrogen) atoms. The van der Waals surface area contributed by atoms with Gasteiger partial charge in [-0.3, -0.25) is 0 Å². The molecule has 2 heterocycles. The molecule has 0 unspecified atom stereocenters. The van der Waals surface area contributed by atoms with Crippen LogP contribution in [0.3, 0.4) is 0 Å². The van der Waals surface area contributed by atoms with Gasteiger partial charge < -0.3 is 4.57 Å². The first-order chi connectivity index (χ1) is 9.81. The molecule has 0 aliphatic rings. The van der Waals surface area contributed by atoms with Crippen molar-refractivity contribution in [2.24, 2.45) is 0 Å². The van der Waals surface area contributed by atoms with Crippen molar-refractivity contribution in [3.63, 3.8) is 0 Å². The van der Waals surface area contributed by atoms with Crippen molar-refractivity contribution in [1.29, 1.82) is 0 Å². The van der Waals surface area contributed by atoms with Crippen LogP contribution in [0.25, 0.3) is 0 Å². The Hall–Kier alpha value is -1.66. The quantitative estimate of drug-likeness (QED) is 0.678. The second-order valence-corrected chi connectivity index (χ2v) is 6.74. The summed E-state index contributed by atoms with van der Waals surface area (Å²) in [6.45, 7) is 2.82. The van der Waals surface area contributed by atoms with E-state index in [0.717, 1.165) is 27.5 Å². The van der Waals surface area contributed by atoms with Gasteiger partial charge in [0.1, 0.15) is 10.8 Å². The highest BCUT2D eigenvalue weighted by Gasteiger charge is 2.07. The monoisotopic (exact) mass is 302 g/mol. The fourth-order valence-corrected chi connectivity index (χ4v) is 3.65. The van der Waals surface area contributed by atoms with Crippen LogP contribution < -0.4 is 0 Å². The third-order valence-corrected chi connectivity index (χ3v) is 4.80. The van der Waals surface area contributed by atoms with E-state index in [0.29, 0.717) is 0 Å². The molecular weight excluding hydrogens is 288 g/mol. The molecule has 0 spiro atoms. The number of nitrogens with zero attached hydrogens (tertiary/aromatic N) is 4. The molecule has 3 rings (SSSR count). The molecule has 2 aromatic heterocycles. The third-order valence-electron chi connectivity index (χ3n) is 2.83. The summed E-state index contributed by atoms with van der Waals surface area (Å²) in [7, 11) is 0. The largest absolute Gasteiger partial charge is 0.330 e. The number of aromatic nitrogens is 4. The van der Waals surface area contributed by atoms with E-state index in [4.69, 9.17) is 0 Å². The molecule has 0 N–H and O–H groups in total. The standard InChI is InChI=1S/C14H14N4S2/c1-11-16-17-14(20-11)19-10-13-15-7-8-18(13)9-12-5-3-2-4-6-12/h2-8H,9-10H2,1H3. The van der Waals surface area contributed by atoms with Crippen LogP contribution in [0.4, 0.5) is 0 Å². The third kappa shape index (κ3) is 3.26. The fourth-order valence-electron chi connectivity index (χ4n) is 1.87. The van der Waals surface area contributed by atoms with Crippen molar-refractivity contribution in [1.82, 2.24) is 19.7 Å². The van der Waals surface area contributed by atoms with Crippen molar-refractivity contribution in [3.8, 4) is 0 Å². The first-order valence-electron chi connectivity index (χ1n) is 6.28. The molecule has 0 saturated carbocycles. The molecule has 6 heteroatoms. The lowest BCUT2D eigenvalue weighted by Crippen LogP contribution is -2.03. The van der Waals surface area contributed by atoms with Gasteiger partial charge in [0.05, 0.1) is 5.75 Å². The van der Waals surface area contributed by atoms with Crippen LogP contribution in [-0.4, -0.2) is 19.7 Å². The van der Waals surface area contributed by atoms with Crippen molar-refractivity contribution in [3.05, 3.63) is 59.1 Å².